The molecule has 4 aliphatic rings. The maximum absolute atomic E-state index is 14.1. The van der Waals surface area contributed by atoms with E-state index < -0.39 is 55.3 Å². The number of esters is 2. The lowest BCUT2D eigenvalue weighted by Gasteiger charge is -2.43. The molecule has 1 aliphatic heterocycles. The maximum Gasteiger partial charge on any atom is 0.308 e. The van der Waals surface area contributed by atoms with Crippen molar-refractivity contribution in [3.8, 4) is 11.1 Å². The number of carbonyl (C=O) groups is 5. The first-order valence-electron chi connectivity index (χ1n) is 36.4. The molecule has 0 bridgehead atoms. The number of carbonyl (C=O) groups excluding carboxylic acids is 3. The molecule has 556 valence electrons. The van der Waals surface area contributed by atoms with E-state index in [2.05, 4.69) is 37.4 Å². The molecule has 0 radical (unpaired) electrons. The van der Waals surface area contributed by atoms with E-state index in [0.29, 0.717) is 48.3 Å². The zero-order valence-electron chi connectivity index (χ0n) is 61.1. The third-order valence-electron chi connectivity index (χ3n) is 19.7. The molecule has 2 heterocycles. The highest BCUT2D eigenvalue weighted by atomic mass is 19.1. The number of aromatic nitrogens is 1. The van der Waals surface area contributed by atoms with Crippen LogP contribution in [0, 0.1) is 53.1 Å². The second-order valence-electron chi connectivity index (χ2n) is 28.9. The summed E-state index contributed by atoms with van der Waals surface area (Å²) in [5.41, 5.74) is 11.5. The number of allylic oxidation sites excluding steroid dienone is 5. The van der Waals surface area contributed by atoms with Crippen molar-refractivity contribution in [3.05, 3.63) is 195 Å². The van der Waals surface area contributed by atoms with Gasteiger partial charge in [-0.2, -0.15) is 0 Å². The number of rotatable bonds is 29. The Hall–Kier alpha value is -8.30. The summed E-state index contributed by atoms with van der Waals surface area (Å²) in [7, 11) is 0. The van der Waals surface area contributed by atoms with Gasteiger partial charge in [-0.3, -0.25) is 29.0 Å². The summed E-state index contributed by atoms with van der Waals surface area (Å²) in [5, 5.41) is 81.6. The smallest absolute Gasteiger partial charge is 0.308 e. The molecule has 1 saturated heterocycles. The number of carboxylic acid groups (broad SMARTS) is 2. The molecule has 3 aliphatic carbocycles. The van der Waals surface area contributed by atoms with Gasteiger partial charge in [-0.1, -0.05) is 172 Å². The van der Waals surface area contributed by atoms with Gasteiger partial charge in [0.05, 0.1) is 61.4 Å². The lowest BCUT2D eigenvalue weighted by Crippen LogP contribution is -2.42. The second-order valence-corrected chi connectivity index (χ2v) is 28.9. The third kappa shape index (κ3) is 23.1. The lowest BCUT2D eigenvalue weighted by atomic mass is 9.65. The van der Waals surface area contributed by atoms with Gasteiger partial charge in [0.15, 0.2) is 0 Å². The Labute approximate surface area is 605 Å². The summed E-state index contributed by atoms with van der Waals surface area (Å²) in [5.74, 6) is -2.67. The molecule has 5 aromatic rings. The van der Waals surface area contributed by atoms with Crippen molar-refractivity contribution in [2.24, 2.45) is 41.4 Å². The van der Waals surface area contributed by atoms with Crippen molar-refractivity contribution in [1.29, 1.82) is 0 Å². The molecule has 3 unspecified atom stereocenters. The number of hydrogen-bond acceptors (Lipinski definition) is 14. The summed E-state index contributed by atoms with van der Waals surface area (Å²) in [4.78, 5) is 65.0. The quantitative estimate of drug-likeness (QED) is 0.0201. The number of benzene rings is 4. The Kier molecular flexibility index (Phi) is 31.0. The minimum absolute atomic E-state index is 0.0390. The number of hydrogen-bond donors (Lipinski definition) is 9. The molecule has 1 aromatic heterocycles. The van der Waals surface area contributed by atoms with E-state index in [4.69, 9.17) is 24.7 Å². The zero-order chi connectivity index (χ0) is 75.4. The SMILES string of the molecule is CC(C)C1=C(C(=O)Nc2ccccc2)C(c2ccccc2)=C(c2ccc(F)cc2)C1CC[C@@H](O)C[C@@H](O)CC(=O)O.CC(C)c1nc(C(C)C)c(CCO)c(-c2ccc(F)cc2)c1/C=C/[C@@H](O)C[C@@H](O)CC(=O)O.CC[C@H](C)C(=O)O[C@H]1C[C@@H](C)C=C2C=C[C@H](C)C(CC[C@@H]3C[C@@H](O)CC(=O)O3)C21. The molecule has 9 rings (SSSR count). The van der Waals surface area contributed by atoms with Crippen LogP contribution in [0.25, 0.3) is 28.3 Å². The number of nitrogens with one attached hydrogen (secondary N) is 1. The van der Waals surface area contributed by atoms with Crippen molar-refractivity contribution in [1.82, 2.24) is 4.98 Å². The van der Waals surface area contributed by atoms with Crippen LogP contribution >= 0.6 is 0 Å². The lowest BCUT2D eigenvalue weighted by molar-refractivity contribution is -0.162. The van der Waals surface area contributed by atoms with Gasteiger partial charge in [0.2, 0.25) is 0 Å². The number of pyridine rings is 1. The molecule has 0 spiro atoms. The Morgan fingerprint density at radius 1 is 0.718 bits per heavy atom. The number of anilines is 1. The average Bonchev–Trinajstić information content (AvgIpc) is 1.65. The van der Waals surface area contributed by atoms with Crippen LogP contribution in [0.1, 0.15) is 192 Å². The minimum Gasteiger partial charge on any atom is -0.481 e. The number of carboxylic acids is 2. The van der Waals surface area contributed by atoms with Crippen molar-refractivity contribution >= 4 is 52.7 Å². The number of aliphatic hydroxyl groups excluding tert-OH is 6. The Balaban J connectivity index is 0.000000220. The standard InChI is InChI=1S/C34H36FNO5.C26H34FNO5.C24H36O5/c1-21(2)30-28(18-17-26(37)19-27(38)20-29(39)40)31(23-13-15-24(35)16-14-23)32(22-9-5-3-6-10-22)33(30)34(41)36-25-11-7-4-8-12-25;1-15(2)25-21(10-9-19(30)13-20(31)14-23(32)33)24(17-5-7-18(27)8-6-17)22(11-12-29)26(28-25)16(3)4;1-5-15(3)24(27)29-21-11-14(2)10-17-7-6-16(4)20(23(17)21)9-8-19-12-18(25)13-22(26)28-19/h3-16,21,26-28,37-38H,17-20H2,1-2H3,(H,36,41)(H,39,40);5-10,15-16,19-20,29-31H,11-14H2,1-4H3,(H,32,33);6-7,10,14-16,18-21,23,25H,5,8-9,11-13H2,1-4H3/b;10-9+;/t26-,27-,28?;19-,20-;14-,15-,16-,18+,19+,20?,21-,23?/m110/s1. The fourth-order valence-corrected chi connectivity index (χ4v) is 14.7. The van der Waals surface area contributed by atoms with Crippen LogP contribution in [0.5, 0.6) is 0 Å². The van der Waals surface area contributed by atoms with Crippen LogP contribution < -0.4 is 5.32 Å². The predicted molar refractivity (Wildman–Crippen MR) is 396 cm³/mol. The Morgan fingerprint density at radius 2 is 1.31 bits per heavy atom. The van der Waals surface area contributed by atoms with Crippen molar-refractivity contribution in [2.45, 2.75) is 207 Å². The van der Waals surface area contributed by atoms with Crippen LogP contribution in [0.2, 0.25) is 0 Å². The fourth-order valence-electron chi connectivity index (χ4n) is 14.7. The van der Waals surface area contributed by atoms with Crippen LogP contribution in [0.15, 0.2) is 150 Å². The van der Waals surface area contributed by atoms with Gasteiger partial charge in [0.1, 0.15) is 23.8 Å². The molecular weight excluding hydrogens is 1310 g/mol. The summed E-state index contributed by atoms with van der Waals surface area (Å²) >= 11 is 0. The Bertz CT molecular complexity index is 3810. The summed E-state index contributed by atoms with van der Waals surface area (Å²) in [6.45, 7) is 20.4. The first-order chi connectivity index (χ1) is 49.0. The van der Waals surface area contributed by atoms with E-state index in [9.17, 15) is 63.4 Å². The minimum atomic E-state index is -1.17. The highest BCUT2D eigenvalue weighted by Crippen LogP contribution is 2.53. The molecule has 9 N–H and O–H groups in total. The topological polar surface area (TPSA) is 291 Å². The number of aliphatic carboxylic acids is 2. The third-order valence-corrected chi connectivity index (χ3v) is 19.7. The van der Waals surface area contributed by atoms with Crippen LogP contribution in [0.3, 0.4) is 0 Å². The highest BCUT2D eigenvalue weighted by Gasteiger charge is 2.43. The van der Waals surface area contributed by atoms with Crippen molar-refractivity contribution < 1.29 is 83.1 Å². The first-order valence-corrected chi connectivity index (χ1v) is 36.4. The van der Waals surface area contributed by atoms with Crippen LogP contribution in [0.4, 0.5) is 14.5 Å². The summed E-state index contributed by atoms with van der Waals surface area (Å²) < 4.78 is 39.2. The number of ether oxygens (including phenoxy) is 2. The molecule has 0 saturated carbocycles. The van der Waals surface area contributed by atoms with E-state index in [1.54, 1.807) is 30.3 Å². The van der Waals surface area contributed by atoms with E-state index in [-0.39, 0.29) is 109 Å². The van der Waals surface area contributed by atoms with Crippen molar-refractivity contribution in [2.75, 3.05) is 11.9 Å². The molecule has 19 heteroatoms. The highest BCUT2D eigenvalue weighted by molar-refractivity contribution is 6.22. The maximum atomic E-state index is 14.1. The van der Waals surface area contributed by atoms with Gasteiger partial charge in [0, 0.05) is 53.8 Å². The number of aliphatic hydroxyl groups is 6. The second kappa shape index (κ2) is 39.0. The van der Waals surface area contributed by atoms with E-state index in [1.165, 1.54) is 35.9 Å². The number of cyclic esters (lactones) is 1. The average molecular weight is 1420 g/mol. The van der Waals surface area contributed by atoms with Gasteiger partial charge in [0.25, 0.3) is 5.91 Å². The number of amides is 1. The van der Waals surface area contributed by atoms with Gasteiger partial charge < -0.3 is 55.6 Å². The number of fused-ring (bicyclic) bond motifs is 1. The van der Waals surface area contributed by atoms with E-state index in [1.807, 2.05) is 116 Å². The van der Waals surface area contributed by atoms with Crippen molar-refractivity contribution in [3.63, 3.8) is 0 Å². The summed E-state index contributed by atoms with van der Waals surface area (Å²) in [6.07, 6.45) is 8.62. The predicted octanol–water partition coefficient (Wildman–Crippen LogP) is 14.8. The molecule has 17 nitrogen and oxygen atoms in total. The molecule has 1 amide bonds. The molecule has 103 heavy (non-hydrogen) atoms. The molecular formula is C84H106F2N2O15. The van der Waals surface area contributed by atoms with Gasteiger partial charge in [-0.25, -0.2) is 8.78 Å². The normalized spacial score (nSPS) is 21.7. The zero-order valence-corrected chi connectivity index (χ0v) is 61.1. The number of halogens is 2. The van der Waals surface area contributed by atoms with Gasteiger partial charge in [-0.15, -0.1) is 0 Å². The monoisotopic (exact) mass is 1420 g/mol. The number of para-hydroxylation sites is 1. The van der Waals surface area contributed by atoms with Crippen LogP contribution in [-0.4, -0.2) is 125 Å². The van der Waals surface area contributed by atoms with Crippen LogP contribution in [-0.2, 0) is 39.9 Å². The van der Waals surface area contributed by atoms with E-state index in [0.717, 1.165) is 87.2 Å². The van der Waals surface area contributed by atoms with E-state index >= 15 is 0 Å². The van der Waals surface area contributed by atoms with Gasteiger partial charge in [-0.05, 0) is 173 Å². The first kappa shape index (κ1) is 82.0. The Morgan fingerprint density at radius 3 is 1.87 bits per heavy atom. The number of nitrogens with zero attached hydrogens (tertiary/aromatic N) is 1. The molecule has 4 aromatic carbocycles. The molecule has 1 fully saturated rings. The molecule has 13 atom stereocenters. The largest absolute Gasteiger partial charge is 0.481 e. The fraction of sp³-hybridized carbons (Fsp3) is 0.476. The summed E-state index contributed by atoms with van der Waals surface area (Å²) in [6, 6.07) is 31.2. The van der Waals surface area contributed by atoms with Gasteiger partial charge >= 0.3 is 23.9 Å².